The molecule has 3 N–H and O–H groups in total. The lowest BCUT2D eigenvalue weighted by Gasteiger charge is -2.06. The van der Waals surface area contributed by atoms with Crippen LogP contribution in [0.3, 0.4) is 0 Å². The van der Waals surface area contributed by atoms with Gasteiger partial charge in [-0.15, -0.1) is 0 Å². The van der Waals surface area contributed by atoms with E-state index in [1.165, 1.54) is 0 Å². The molecule has 14 heavy (non-hydrogen) atoms. The lowest BCUT2D eigenvalue weighted by molar-refractivity contribution is 0.368. The second-order valence-electron chi connectivity index (χ2n) is 2.69. The monoisotopic (exact) mass is 191 g/mol. The van der Waals surface area contributed by atoms with Crippen LogP contribution in [0, 0.1) is 11.3 Å². The van der Waals surface area contributed by atoms with Gasteiger partial charge in [0.25, 0.3) is 0 Å². The summed E-state index contributed by atoms with van der Waals surface area (Å²) in [6.45, 7) is 1.38. The Labute approximate surface area is 83.3 Å². The highest BCUT2D eigenvalue weighted by molar-refractivity contribution is 5.48. The number of nitrogens with zero attached hydrogens (tertiary/aromatic N) is 1. The fraction of sp³-hybridized carbons (Fsp3) is 0.300. The first-order chi connectivity index (χ1) is 6.86. The molecule has 0 aliphatic carbocycles. The van der Waals surface area contributed by atoms with Gasteiger partial charge in [0.05, 0.1) is 0 Å². The molecule has 1 aromatic rings. The van der Waals surface area contributed by atoms with E-state index in [1.807, 2.05) is 30.3 Å². The van der Waals surface area contributed by atoms with Crippen molar-refractivity contribution < 1.29 is 4.74 Å². The SMILES string of the molecule is N#CCOc1cccc(NCCN)c1. The highest BCUT2D eigenvalue weighted by Crippen LogP contribution is 2.16. The van der Waals surface area contributed by atoms with Crippen LogP contribution in [0.2, 0.25) is 0 Å². The molecule has 0 fully saturated rings. The summed E-state index contributed by atoms with van der Waals surface area (Å²) in [4.78, 5) is 0. The normalized spacial score (nSPS) is 9.14. The number of ether oxygens (including phenoxy) is 1. The molecule has 74 valence electrons. The van der Waals surface area contributed by atoms with Crippen molar-refractivity contribution in [1.29, 1.82) is 5.26 Å². The Morgan fingerprint density at radius 2 is 2.36 bits per heavy atom. The van der Waals surface area contributed by atoms with Crippen molar-refractivity contribution in [2.75, 3.05) is 25.0 Å². The van der Waals surface area contributed by atoms with E-state index in [0.717, 1.165) is 12.2 Å². The molecule has 0 aromatic heterocycles. The summed E-state index contributed by atoms with van der Waals surface area (Å²) < 4.78 is 5.14. The van der Waals surface area contributed by atoms with Crippen molar-refractivity contribution >= 4 is 5.69 Å². The number of nitriles is 1. The van der Waals surface area contributed by atoms with Crippen molar-refractivity contribution in [3.05, 3.63) is 24.3 Å². The molecule has 0 atom stereocenters. The zero-order valence-electron chi connectivity index (χ0n) is 7.86. The fourth-order valence-corrected chi connectivity index (χ4v) is 1.03. The van der Waals surface area contributed by atoms with Crippen LogP contribution in [0.4, 0.5) is 5.69 Å². The fourth-order valence-electron chi connectivity index (χ4n) is 1.03. The van der Waals surface area contributed by atoms with Crippen LogP contribution in [0.1, 0.15) is 0 Å². The Morgan fingerprint density at radius 1 is 1.50 bits per heavy atom. The molecule has 1 rings (SSSR count). The van der Waals surface area contributed by atoms with Crippen LogP contribution in [0.25, 0.3) is 0 Å². The first-order valence-electron chi connectivity index (χ1n) is 4.40. The minimum atomic E-state index is 0.0698. The van der Waals surface area contributed by atoms with E-state index in [4.69, 9.17) is 15.7 Å². The van der Waals surface area contributed by atoms with Crippen LogP contribution < -0.4 is 15.8 Å². The second kappa shape index (κ2) is 5.84. The van der Waals surface area contributed by atoms with Gasteiger partial charge in [-0.25, -0.2) is 0 Å². The molecule has 4 heteroatoms. The molecular formula is C10H13N3O. The molecular weight excluding hydrogens is 178 g/mol. The standard InChI is InChI=1S/C10H13N3O/c11-4-6-13-9-2-1-3-10(8-9)14-7-5-12/h1-3,8,13H,4,6-7,11H2. The average Bonchev–Trinajstić information content (AvgIpc) is 2.24. The maximum absolute atomic E-state index is 8.33. The molecule has 0 radical (unpaired) electrons. The molecule has 0 saturated carbocycles. The third-order valence-corrected chi connectivity index (χ3v) is 1.61. The van der Waals surface area contributed by atoms with Gasteiger partial charge in [0.2, 0.25) is 0 Å². The van der Waals surface area contributed by atoms with Gasteiger partial charge in [0.1, 0.15) is 11.8 Å². The van der Waals surface area contributed by atoms with Gasteiger partial charge in [-0.2, -0.15) is 5.26 Å². The lowest BCUT2D eigenvalue weighted by Crippen LogP contribution is -2.12. The Bertz CT molecular complexity index is 319. The Hall–Kier alpha value is -1.73. The van der Waals surface area contributed by atoms with Crippen LogP contribution in [0.5, 0.6) is 5.75 Å². The van der Waals surface area contributed by atoms with Gasteiger partial charge < -0.3 is 15.8 Å². The summed E-state index contributed by atoms with van der Waals surface area (Å²) in [5.74, 6) is 0.688. The van der Waals surface area contributed by atoms with E-state index < -0.39 is 0 Å². The summed E-state index contributed by atoms with van der Waals surface area (Å²) in [6, 6.07) is 9.36. The van der Waals surface area contributed by atoms with Crippen LogP contribution in [-0.2, 0) is 0 Å². The van der Waals surface area contributed by atoms with Crippen molar-refractivity contribution in [2.24, 2.45) is 5.73 Å². The van der Waals surface area contributed by atoms with Crippen LogP contribution in [0.15, 0.2) is 24.3 Å². The zero-order valence-corrected chi connectivity index (χ0v) is 7.86. The van der Waals surface area contributed by atoms with Crippen LogP contribution in [-0.4, -0.2) is 19.7 Å². The van der Waals surface area contributed by atoms with Gasteiger partial charge in [0.15, 0.2) is 6.61 Å². The maximum atomic E-state index is 8.33. The summed E-state index contributed by atoms with van der Waals surface area (Å²) in [7, 11) is 0. The molecule has 0 aliphatic rings. The van der Waals surface area contributed by atoms with E-state index in [-0.39, 0.29) is 6.61 Å². The molecule has 1 aromatic carbocycles. The summed E-state index contributed by atoms with van der Waals surface area (Å²) in [6.07, 6.45) is 0. The summed E-state index contributed by atoms with van der Waals surface area (Å²) in [5.41, 5.74) is 6.31. The number of anilines is 1. The smallest absolute Gasteiger partial charge is 0.174 e. The Balaban J connectivity index is 2.55. The van der Waals surface area contributed by atoms with Gasteiger partial charge in [-0.3, -0.25) is 0 Å². The number of nitrogens with one attached hydrogen (secondary N) is 1. The molecule has 0 bridgehead atoms. The van der Waals surface area contributed by atoms with Crippen molar-refractivity contribution in [2.45, 2.75) is 0 Å². The molecule has 4 nitrogen and oxygen atoms in total. The molecule has 0 heterocycles. The predicted octanol–water partition coefficient (Wildman–Crippen LogP) is 0.960. The maximum Gasteiger partial charge on any atom is 0.174 e. The topological polar surface area (TPSA) is 71.1 Å². The quantitative estimate of drug-likeness (QED) is 0.727. The second-order valence-corrected chi connectivity index (χ2v) is 2.69. The van der Waals surface area contributed by atoms with Gasteiger partial charge >= 0.3 is 0 Å². The lowest BCUT2D eigenvalue weighted by atomic mass is 10.3. The van der Waals surface area contributed by atoms with E-state index in [9.17, 15) is 0 Å². The van der Waals surface area contributed by atoms with Gasteiger partial charge in [-0.1, -0.05) is 6.07 Å². The first-order valence-corrected chi connectivity index (χ1v) is 4.40. The Kier molecular flexibility index (Phi) is 4.32. The van der Waals surface area contributed by atoms with Crippen molar-refractivity contribution in [3.63, 3.8) is 0 Å². The van der Waals surface area contributed by atoms with Crippen LogP contribution >= 0.6 is 0 Å². The average molecular weight is 191 g/mol. The highest BCUT2D eigenvalue weighted by atomic mass is 16.5. The van der Waals surface area contributed by atoms with Crippen molar-refractivity contribution in [3.8, 4) is 11.8 Å². The first kappa shape index (κ1) is 10.4. The predicted molar refractivity (Wildman–Crippen MR) is 55.1 cm³/mol. The summed E-state index contributed by atoms with van der Waals surface area (Å²) >= 11 is 0. The van der Waals surface area contributed by atoms with Crippen molar-refractivity contribution in [1.82, 2.24) is 0 Å². The summed E-state index contributed by atoms with van der Waals surface area (Å²) in [5, 5.41) is 11.5. The minimum Gasteiger partial charge on any atom is -0.479 e. The molecule has 0 spiro atoms. The largest absolute Gasteiger partial charge is 0.479 e. The van der Waals surface area contributed by atoms with E-state index >= 15 is 0 Å². The molecule has 0 unspecified atom stereocenters. The van der Waals surface area contributed by atoms with Gasteiger partial charge in [0, 0.05) is 24.8 Å². The number of rotatable bonds is 5. The van der Waals surface area contributed by atoms with E-state index in [0.29, 0.717) is 12.3 Å². The molecule has 0 amide bonds. The number of nitrogens with two attached hydrogens (primary N) is 1. The third-order valence-electron chi connectivity index (χ3n) is 1.61. The highest BCUT2D eigenvalue weighted by Gasteiger charge is 1.95. The number of hydrogen-bond acceptors (Lipinski definition) is 4. The van der Waals surface area contributed by atoms with E-state index in [2.05, 4.69) is 5.32 Å². The zero-order chi connectivity index (χ0) is 10.2. The molecule has 0 aliphatic heterocycles. The van der Waals surface area contributed by atoms with E-state index in [1.54, 1.807) is 0 Å². The molecule has 0 saturated heterocycles. The minimum absolute atomic E-state index is 0.0698. The third kappa shape index (κ3) is 3.33. The number of benzene rings is 1. The van der Waals surface area contributed by atoms with Gasteiger partial charge in [-0.05, 0) is 12.1 Å². The number of hydrogen-bond donors (Lipinski definition) is 2. The Morgan fingerprint density at radius 3 is 3.07 bits per heavy atom.